The third-order valence-electron chi connectivity index (χ3n) is 2.74. The lowest BCUT2D eigenvalue weighted by atomic mass is 9.99. The van der Waals surface area contributed by atoms with Crippen molar-refractivity contribution in [1.29, 1.82) is 0 Å². The van der Waals surface area contributed by atoms with E-state index in [9.17, 15) is 4.79 Å². The van der Waals surface area contributed by atoms with Crippen molar-refractivity contribution in [3.05, 3.63) is 70.7 Å². The Morgan fingerprint density at radius 1 is 1.05 bits per heavy atom. The second kappa shape index (κ2) is 6.60. The Morgan fingerprint density at radius 3 is 2.37 bits per heavy atom. The van der Waals surface area contributed by atoms with Crippen LogP contribution in [0.4, 0.5) is 0 Å². The minimum atomic E-state index is -0.244. The predicted molar refractivity (Wildman–Crippen MR) is 78.6 cm³/mol. The van der Waals surface area contributed by atoms with E-state index in [4.69, 9.17) is 23.2 Å². The van der Waals surface area contributed by atoms with Gasteiger partial charge < -0.3 is 5.32 Å². The zero-order valence-electron chi connectivity index (χ0n) is 10.1. The van der Waals surface area contributed by atoms with Gasteiger partial charge in [-0.05, 0) is 23.3 Å². The van der Waals surface area contributed by atoms with Crippen molar-refractivity contribution in [1.82, 2.24) is 5.32 Å². The lowest BCUT2D eigenvalue weighted by molar-refractivity contribution is -0.119. The number of carbonyl (C=O) groups is 1. The summed E-state index contributed by atoms with van der Waals surface area (Å²) in [6.45, 7) is 0. The van der Waals surface area contributed by atoms with Crippen molar-refractivity contribution in [3.8, 4) is 0 Å². The van der Waals surface area contributed by atoms with Crippen molar-refractivity contribution in [2.75, 3.05) is 5.88 Å². The quantitative estimate of drug-likeness (QED) is 0.854. The van der Waals surface area contributed by atoms with Gasteiger partial charge in [-0.15, -0.1) is 11.6 Å². The van der Waals surface area contributed by atoms with E-state index in [0.29, 0.717) is 5.02 Å². The number of rotatable bonds is 4. The summed E-state index contributed by atoms with van der Waals surface area (Å²) in [4.78, 5) is 11.6. The molecule has 4 heteroatoms. The van der Waals surface area contributed by atoms with Crippen molar-refractivity contribution in [3.63, 3.8) is 0 Å². The molecule has 0 bridgehead atoms. The number of hydrogen-bond acceptors (Lipinski definition) is 1. The van der Waals surface area contributed by atoms with Gasteiger partial charge in [-0.3, -0.25) is 4.79 Å². The summed E-state index contributed by atoms with van der Waals surface area (Å²) >= 11 is 11.6. The van der Waals surface area contributed by atoms with E-state index < -0.39 is 0 Å². The molecular weight excluding hydrogens is 281 g/mol. The van der Waals surface area contributed by atoms with E-state index >= 15 is 0 Å². The number of hydrogen-bond donors (Lipinski definition) is 1. The molecule has 19 heavy (non-hydrogen) atoms. The molecule has 0 fully saturated rings. The number of amides is 1. The molecule has 2 nitrogen and oxygen atoms in total. The normalized spacial score (nSPS) is 11.9. The van der Waals surface area contributed by atoms with E-state index in [1.165, 1.54) is 0 Å². The molecule has 0 saturated carbocycles. The van der Waals surface area contributed by atoms with Crippen LogP contribution in [0.2, 0.25) is 5.02 Å². The summed E-state index contributed by atoms with van der Waals surface area (Å²) in [5, 5.41) is 3.53. The van der Waals surface area contributed by atoms with Gasteiger partial charge in [0, 0.05) is 5.02 Å². The van der Waals surface area contributed by atoms with Crippen molar-refractivity contribution < 1.29 is 4.79 Å². The maximum absolute atomic E-state index is 11.6. The highest BCUT2D eigenvalue weighted by Gasteiger charge is 2.16. The van der Waals surface area contributed by atoms with Gasteiger partial charge in [0.15, 0.2) is 0 Å². The SMILES string of the molecule is O=C(CCl)N[C@@H](c1ccccc1)c1cccc(Cl)c1. The summed E-state index contributed by atoms with van der Waals surface area (Å²) in [5.41, 5.74) is 1.92. The molecule has 1 atom stereocenters. The van der Waals surface area contributed by atoms with Gasteiger partial charge in [0.05, 0.1) is 6.04 Å². The Bertz CT molecular complexity index is 557. The maximum Gasteiger partial charge on any atom is 0.235 e. The molecule has 0 aliphatic heterocycles. The molecule has 0 aliphatic rings. The average molecular weight is 294 g/mol. The van der Waals surface area contributed by atoms with Gasteiger partial charge in [0.2, 0.25) is 5.91 Å². The van der Waals surface area contributed by atoms with Gasteiger partial charge in [0.25, 0.3) is 0 Å². The second-order valence-corrected chi connectivity index (χ2v) is 4.80. The summed E-state index contributed by atoms with van der Waals surface area (Å²) < 4.78 is 0. The maximum atomic E-state index is 11.6. The molecule has 1 amide bonds. The van der Waals surface area contributed by atoms with E-state index in [1.54, 1.807) is 6.07 Å². The molecule has 0 aromatic heterocycles. The highest BCUT2D eigenvalue weighted by molar-refractivity contribution is 6.30. The number of alkyl halides is 1. The van der Waals surface area contributed by atoms with Crippen LogP contribution in [-0.4, -0.2) is 11.8 Å². The first-order chi connectivity index (χ1) is 9.20. The highest BCUT2D eigenvalue weighted by atomic mass is 35.5. The molecule has 0 aliphatic carbocycles. The van der Waals surface area contributed by atoms with Gasteiger partial charge in [-0.2, -0.15) is 0 Å². The molecule has 0 spiro atoms. The molecule has 2 aromatic rings. The molecule has 0 saturated heterocycles. The van der Waals surface area contributed by atoms with Crippen LogP contribution in [0.15, 0.2) is 54.6 Å². The monoisotopic (exact) mass is 293 g/mol. The first kappa shape index (κ1) is 13.9. The molecule has 0 heterocycles. The molecule has 98 valence electrons. The Kier molecular flexibility index (Phi) is 4.83. The minimum Gasteiger partial charge on any atom is -0.344 e. The van der Waals surface area contributed by atoms with E-state index in [2.05, 4.69) is 5.32 Å². The van der Waals surface area contributed by atoms with Crippen molar-refractivity contribution in [2.24, 2.45) is 0 Å². The summed E-state index contributed by atoms with van der Waals surface area (Å²) in [5.74, 6) is -0.278. The van der Waals surface area contributed by atoms with Crippen LogP contribution in [0.3, 0.4) is 0 Å². The second-order valence-electron chi connectivity index (χ2n) is 4.10. The summed E-state index contributed by atoms with van der Waals surface area (Å²) in [6.07, 6.45) is 0. The first-order valence-electron chi connectivity index (χ1n) is 5.86. The van der Waals surface area contributed by atoms with E-state index in [0.717, 1.165) is 11.1 Å². The number of nitrogens with one attached hydrogen (secondary N) is 1. The van der Waals surface area contributed by atoms with Crippen LogP contribution in [0.1, 0.15) is 17.2 Å². The number of halogens is 2. The van der Waals surface area contributed by atoms with Gasteiger partial charge >= 0.3 is 0 Å². The van der Waals surface area contributed by atoms with Gasteiger partial charge in [0.1, 0.15) is 5.88 Å². The fourth-order valence-electron chi connectivity index (χ4n) is 1.89. The number of benzene rings is 2. The molecule has 0 unspecified atom stereocenters. The Morgan fingerprint density at radius 2 is 1.74 bits per heavy atom. The first-order valence-corrected chi connectivity index (χ1v) is 6.77. The Hall–Kier alpha value is -1.51. The standard InChI is InChI=1S/C15H13Cl2NO/c16-10-14(19)18-15(11-5-2-1-3-6-11)12-7-4-8-13(17)9-12/h1-9,15H,10H2,(H,18,19)/t15-/m0/s1. The van der Waals surface area contributed by atoms with Crippen molar-refractivity contribution in [2.45, 2.75) is 6.04 Å². The van der Waals surface area contributed by atoms with E-state index in [-0.39, 0.29) is 17.8 Å². The van der Waals surface area contributed by atoms with Crippen LogP contribution in [0.5, 0.6) is 0 Å². The smallest absolute Gasteiger partial charge is 0.235 e. The van der Waals surface area contributed by atoms with Crippen LogP contribution in [-0.2, 0) is 4.79 Å². The van der Waals surface area contributed by atoms with Crippen molar-refractivity contribution >= 4 is 29.1 Å². The number of carbonyl (C=O) groups excluding carboxylic acids is 1. The van der Waals surface area contributed by atoms with Crippen LogP contribution in [0, 0.1) is 0 Å². The predicted octanol–water partition coefficient (Wildman–Crippen LogP) is 3.78. The molecule has 1 N–H and O–H groups in total. The van der Waals surface area contributed by atoms with Crippen LogP contribution < -0.4 is 5.32 Å². The van der Waals surface area contributed by atoms with Gasteiger partial charge in [-0.1, -0.05) is 54.1 Å². The fourth-order valence-corrected chi connectivity index (χ4v) is 2.17. The summed E-state index contributed by atoms with van der Waals surface area (Å²) in [7, 11) is 0. The molecule has 2 aromatic carbocycles. The fraction of sp³-hybridized carbons (Fsp3) is 0.133. The van der Waals surface area contributed by atoms with Crippen LogP contribution >= 0.6 is 23.2 Å². The largest absolute Gasteiger partial charge is 0.344 e. The lowest BCUT2D eigenvalue weighted by Crippen LogP contribution is -2.30. The third kappa shape index (κ3) is 3.72. The minimum absolute atomic E-state index is 0.0656. The molecule has 0 radical (unpaired) electrons. The Labute approximate surface area is 122 Å². The third-order valence-corrected chi connectivity index (χ3v) is 3.22. The zero-order chi connectivity index (χ0) is 13.7. The molecular formula is C15H13Cl2NO. The zero-order valence-corrected chi connectivity index (χ0v) is 11.7. The topological polar surface area (TPSA) is 29.1 Å². The highest BCUT2D eigenvalue weighted by Crippen LogP contribution is 2.24. The van der Waals surface area contributed by atoms with Gasteiger partial charge in [-0.25, -0.2) is 0 Å². The summed E-state index contributed by atoms with van der Waals surface area (Å²) in [6, 6.07) is 16.9. The Balaban J connectivity index is 2.37. The lowest BCUT2D eigenvalue weighted by Gasteiger charge is -2.19. The average Bonchev–Trinajstić information content (AvgIpc) is 2.45. The van der Waals surface area contributed by atoms with Crippen LogP contribution in [0.25, 0.3) is 0 Å². The van der Waals surface area contributed by atoms with E-state index in [1.807, 2.05) is 48.5 Å². The molecule has 2 rings (SSSR count).